The van der Waals surface area contributed by atoms with Gasteiger partial charge in [-0.15, -0.1) is 0 Å². The fourth-order valence-electron chi connectivity index (χ4n) is 4.38. The Kier molecular flexibility index (Phi) is 8.97. The lowest BCUT2D eigenvalue weighted by Gasteiger charge is -2.38. The van der Waals surface area contributed by atoms with E-state index in [0.29, 0.717) is 22.0 Å². The summed E-state index contributed by atoms with van der Waals surface area (Å²) in [7, 11) is 1.68. The van der Waals surface area contributed by atoms with E-state index in [4.69, 9.17) is 16.3 Å². The Labute approximate surface area is 228 Å². The summed E-state index contributed by atoms with van der Waals surface area (Å²) in [5, 5.41) is 9.27. The van der Waals surface area contributed by atoms with Crippen LogP contribution < -0.4 is 30.5 Å². The summed E-state index contributed by atoms with van der Waals surface area (Å²) >= 11 is 5.92. The molecule has 3 amide bonds. The van der Waals surface area contributed by atoms with Crippen molar-refractivity contribution in [3.63, 3.8) is 0 Å². The fourth-order valence-corrected chi connectivity index (χ4v) is 4.51. The molecule has 200 valence electrons. The monoisotopic (exact) mass is 535 g/mol. The van der Waals surface area contributed by atoms with Gasteiger partial charge in [-0.05, 0) is 67.9 Å². The number of piperazine rings is 1. The zero-order chi connectivity index (χ0) is 27.1. The molecule has 3 aromatic rings. The largest absolute Gasteiger partial charge is 0.495 e. The third-order valence-electron chi connectivity index (χ3n) is 6.64. The second kappa shape index (κ2) is 12.6. The normalized spacial score (nSPS) is 14.0. The van der Waals surface area contributed by atoms with E-state index >= 15 is 0 Å². The number of urea groups is 1. The number of hydrogen-bond donors (Lipinski definition) is 3. The molecule has 9 heteroatoms. The first-order valence-corrected chi connectivity index (χ1v) is 13.2. The number of para-hydroxylation sites is 2. The summed E-state index contributed by atoms with van der Waals surface area (Å²) in [5.41, 5.74) is 3.58. The van der Waals surface area contributed by atoms with Crippen molar-refractivity contribution in [2.75, 3.05) is 53.7 Å². The summed E-state index contributed by atoms with van der Waals surface area (Å²) < 4.78 is 5.54. The van der Waals surface area contributed by atoms with Gasteiger partial charge in [0.05, 0.1) is 18.4 Å². The van der Waals surface area contributed by atoms with Crippen LogP contribution in [0.4, 0.5) is 27.5 Å². The van der Waals surface area contributed by atoms with Crippen LogP contribution in [0.25, 0.3) is 0 Å². The molecule has 4 rings (SSSR count). The Balaban J connectivity index is 1.51. The van der Waals surface area contributed by atoms with E-state index in [-0.39, 0.29) is 11.9 Å². The number of nitrogens with one attached hydrogen (secondary N) is 3. The molecule has 0 aromatic heterocycles. The fraction of sp³-hybridized carbons (Fsp3) is 0.310. The lowest BCUT2D eigenvalue weighted by atomic mass is 10.1. The Bertz CT molecular complexity index is 1260. The van der Waals surface area contributed by atoms with Gasteiger partial charge < -0.3 is 30.5 Å². The van der Waals surface area contributed by atoms with Crippen LogP contribution in [0.5, 0.6) is 5.75 Å². The van der Waals surface area contributed by atoms with E-state index in [2.05, 4.69) is 31.8 Å². The van der Waals surface area contributed by atoms with Gasteiger partial charge in [0, 0.05) is 54.3 Å². The number of anilines is 4. The average molecular weight is 536 g/mol. The number of benzene rings is 3. The number of hydrogen-bond acceptors (Lipinski definition) is 5. The molecular weight excluding hydrogens is 502 g/mol. The first-order valence-electron chi connectivity index (χ1n) is 12.8. The predicted octanol–water partition coefficient (Wildman–Crippen LogP) is 5.85. The smallest absolute Gasteiger partial charge is 0.323 e. The van der Waals surface area contributed by atoms with Crippen molar-refractivity contribution in [3.05, 3.63) is 77.3 Å². The van der Waals surface area contributed by atoms with Crippen molar-refractivity contribution >= 4 is 46.3 Å². The van der Waals surface area contributed by atoms with Crippen molar-refractivity contribution in [3.8, 4) is 5.75 Å². The minimum absolute atomic E-state index is 0.0301. The molecule has 1 fully saturated rings. The number of methoxy groups -OCH3 is 1. The quantitative estimate of drug-likeness (QED) is 0.337. The molecule has 0 radical (unpaired) electrons. The van der Waals surface area contributed by atoms with E-state index in [1.807, 2.05) is 44.2 Å². The van der Waals surface area contributed by atoms with E-state index in [9.17, 15) is 9.59 Å². The van der Waals surface area contributed by atoms with Gasteiger partial charge in [0.1, 0.15) is 5.75 Å². The van der Waals surface area contributed by atoms with Crippen molar-refractivity contribution in [1.29, 1.82) is 0 Å². The third-order valence-corrected chi connectivity index (χ3v) is 6.89. The van der Waals surface area contributed by atoms with Crippen LogP contribution in [0.3, 0.4) is 0 Å². The number of carbonyl (C=O) groups is 2. The first-order chi connectivity index (χ1) is 18.4. The van der Waals surface area contributed by atoms with Crippen LogP contribution in [0.2, 0.25) is 5.02 Å². The second-order valence-corrected chi connectivity index (χ2v) is 9.68. The maximum absolute atomic E-state index is 13.3. The Morgan fingerprint density at radius 3 is 2.16 bits per heavy atom. The molecule has 1 unspecified atom stereocenters. The van der Waals surface area contributed by atoms with Crippen LogP contribution in [0.1, 0.15) is 30.6 Å². The van der Waals surface area contributed by atoms with Crippen molar-refractivity contribution in [2.24, 2.45) is 0 Å². The SMILES string of the molecule is CCC(C)NC(=O)c1cc(NC(=O)Nc2ccc(Cl)cc2)ccc1N1CCN(c2ccccc2OC)CC1. The summed E-state index contributed by atoms with van der Waals surface area (Å²) in [6.07, 6.45) is 0.820. The highest BCUT2D eigenvalue weighted by Gasteiger charge is 2.24. The molecule has 1 atom stereocenters. The molecule has 0 spiro atoms. The number of rotatable bonds is 8. The molecule has 1 aliphatic rings. The lowest BCUT2D eigenvalue weighted by molar-refractivity contribution is 0.0939. The Hall–Kier alpha value is -3.91. The Morgan fingerprint density at radius 2 is 1.50 bits per heavy atom. The molecule has 0 aliphatic carbocycles. The minimum atomic E-state index is -0.404. The summed E-state index contributed by atoms with van der Waals surface area (Å²) in [6, 6.07) is 20.0. The molecule has 1 heterocycles. The standard InChI is InChI=1S/C29H34ClN5O3/c1-4-20(2)31-28(36)24-19-23(33-29(37)32-22-11-9-21(30)10-12-22)13-14-25(24)34-15-17-35(18-16-34)26-7-5-6-8-27(26)38-3/h5-14,19-20H,4,15-18H2,1-3H3,(H,31,36)(H2,32,33,37). The molecule has 3 aromatic carbocycles. The van der Waals surface area contributed by atoms with Crippen LogP contribution in [0.15, 0.2) is 66.7 Å². The molecule has 1 aliphatic heterocycles. The van der Waals surface area contributed by atoms with E-state index in [1.54, 1.807) is 37.4 Å². The molecule has 0 saturated carbocycles. The summed E-state index contributed by atoms with van der Waals surface area (Å²) in [6.45, 7) is 7.07. The first kappa shape index (κ1) is 27.1. The molecule has 38 heavy (non-hydrogen) atoms. The predicted molar refractivity (Wildman–Crippen MR) is 155 cm³/mol. The maximum atomic E-state index is 13.3. The van der Waals surface area contributed by atoms with Gasteiger partial charge >= 0.3 is 6.03 Å². The van der Waals surface area contributed by atoms with Gasteiger partial charge in [0.25, 0.3) is 5.91 Å². The minimum Gasteiger partial charge on any atom is -0.495 e. The van der Waals surface area contributed by atoms with Gasteiger partial charge in [-0.2, -0.15) is 0 Å². The lowest BCUT2D eigenvalue weighted by Crippen LogP contribution is -2.47. The van der Waals surface area contributed by atoms with Crippen molar-refractivity contribution in [1.82, 2.24) is 5.32 Å². The number of nitrogens with zero attached hydrogens (tertiary/aromatic N) is 2. The van der Waals surface area contributed by atoms with Crippen molar-refractivity contribution in [2.45, 2.75) is 26.3 Å². The van der Waals surface area contributed by atoms with Gasteiger partial charge in [0.2, 0.25) is 0 Å². The summed E-state index contributed by atoms with van der Waals surface area (Å²) in [5.74, 6) is 0.685. The zero-order valence-corrected chi connectivity index (χ0v) is 22.7. The van der Waals surface area contributed by atoms with Gasteiger partial charge in [-0.3, -0.25) is 4.79 Å². The average Bonchev–Trinajstić information content (AvgIpc) is 2.94. The number of carbonyl (C=O) groups excluding carboxylic acids is 2. The highest BCUT2D eigenvalue weighted by atomic mass is 35.5. The van der Waals surface area contributed by atoms with Crippen LogP contribution in [-0.2, 0) is 0 Å². The maximum Gasteiger partial charge on any atom is 0.323 e. The summed E-state index contributed by atoms with van der Waals surface area (Å²) in [4.78, 5) is 30.4. The molecule has 8 nitrogen and oxygen atoms in total. The molecule has 1 saturated heterocycles. The van der Waals surface area contributed by atoms with Gasteiger partial charge in [-0.1, -0.05) is 30.7 Å². The second-order valence-electron chi connectivity index (χ2n) is 9.25. The van der Waals surface area contributed by atoms with E-state index in [1.165, 1.54) is 0 Å². The molecular formula is C29H34ClN5O3. The van der Waals surface area contributed by atoms with E-state index in [0.717, 1.165) is 49.7 Å². The Morgan fingerprint density at radius 1 is 0.895 bits per heavy atom. The third kappa shape index (κ3) is 6.69. The number of amides is 3. The topological polar surface area (TPSA) is 85.9 Å². The number of halogens is 1. The highest BCUT2D eigenvalue weighted by molar-refractivity contribution is 6.30. The van der Waals surface area contributed by atoms with Gasteiger partial charge in [0.15, 0.2) is 0 Å². The highest BCUT2D eigenvalue weighted by Crippen LogP contribution is 2.31. The van der Waals surface area contributed by atoms with Crippen LogP contribution in [0, 0.1) is 0 Å². The van der Waals surface area contributed by atoms with Crippen LogP contribution in [-0.4, -0.2) is 51.3 Å². The number of ether oxygens (including phenoxy) is 1. The zero-order valence-electron chi connectivity index (χ0n) is 22.0. The molecule has 0 bridgehead atoms. The van der Waals surface area contributed by atoms with Gasteiger partial charge in [-0.25, -0.2) is 4.79 Å². The van der Waals surface area contributed by atoms with Crippen LogP contribution >= 0.6 is 11.6 Å². The molecule has 3 N–H and O–H groups in total. The van der Waals surface area contributed by atoms with Crippen molar-refractivity contribution < 1.29 is 14.3 Å². The van der Waals surface area contributed by atoms with E-state index < -0.39 is 6.03 Å².